The van der Waals surface area contributed by atoms with Crippen molar-refractivity contribution in [1.82, 2.24) is 0 Å². The first kappa shape index (κ1) is 15.0. The van der Waals surface area contributed by atoms with Crippen LogP contribution in [0.5, 0.6) is 0 Å². The van der Waals surface area contributed by atoms with Crippen LogP contribution in [0, 0.1) is 5.82 Å². The number of hydrogen-bond donors (Lipinski definition) is 1. The largest absolute Gasteiger partial charge is 0.375 e. The Morgan fingerprint density at radius 2 is 2.10 bits per heavy atom. The van der Waals surface area contributed by atoms with Crippen molar-refractivity contribution in [3.8, 4) is 0 Å². The van der Waals surface area contributed by atoms with Crippen molar-refractivity contribution in [3.05, 3.63) is 46.4 Å². The molecule has 0 bridgehead atoms. The molecule has 1 aromatic heterocycles. The van der Waals surface area contributed by atoms with Gasteiger partial charge < -0.3 is 5.32 Å². The number of sulfone groups is 1. The molecular formula is C14H16FNO2S2. The van der Waals surface area contributed by atoms with Crippen LogP contribution in [0.2, 0.25) is 0 Å². The van der Waals surface area contributed by atoms with E-state index in [0.29, 0.717) is 0 Å². The topological polar surface area (TPSA) is 46.2 Å². The number of anilines is 1. The van der Waals surface area contributed by atoms with E-state index in [1.54, 1.807) is 11.3 Å². The molecule has 1 unspecified atom stereocenters. The molecule has 20 heavy (non-hydrogen) atoms. The lowest BCUT2D eigenvalue weighted by Gasteiger charge is -2.18. The van der Waals surface area contributed by atoms with E-state index in [1.807, 2.05) is 24.4 Å². The first-order valence-corrected chi connectivity index (χ1v) is 8.98. The summed E-state index contributed by atoms with van der Waals surface area (Å²) in [5.74, 6) is -0.451. The maximum absolute atomic E-state index is 13.8. The second kappa shape index (κ2) is 5.93. The van der Waals surface area contributed by atoms with Gasteiger partial charge in [-0.05, 0) is 36.1 Å². The molecule has 0 spiro atoms. The fourth-order valence-corrected chi connectivity index (χ4v) is 3.41. The molecule has 0 radical (unpaired) electrons. The molecule has 0 aliphatic rings. The van der Waals surface area contributed by atoms with Gasteiger partial charge in [0.1, 0.15) is 5.82 Å². The third kappa shape index (κ3) is 3.37. The highest BCUT2D eigenvalue weighted by Crippen LogP contribution is 2.28. The van der Waals surface area contributed by atoms with E-state index in [4.69, 9.17) is 0 Å². The molecule has 0 amide bonds. The van der Waals surface area contributed by atoms with Crippen LogP contribution in [0.4, 0.5) is 10.1 Å². The van der Waals surface area contributed by atoms with Gasteiger partial charge in [0.25, 0.3) is 0 Å². The molecule has 1 atom stereocenters. The molecule has 2 rings (SSSR count). The zero-order chi connectivity index (χ0) is 14.8. The lowest BCUT2D eigenvalue weighted by molar-refractivity contribution is 0.600. The van der Waals surface area contributed by atoms with Gasteiger partial charge in [-0.2, -0.15) is 0 Å². The number of nitrogens with one attached hydrogen (secondary N) is 1. The summed E-state index contributed by atoms with van der Waals surface area (Å²) in [6, 6.07) is 7.69. The van der Waals surface area contributed by atoms with Gasteiger partial charge in [0.15, 0.2) is 9.84 Å². The number of halogens is 1. The maximum Gasteiger partial charge on any atom is 0.175 e. The van der Waals surface area contributed by atoms with Crippen LogP contribution >= 0.6 is 11.3 Å². The van der Waals surface area contributed by atoms with Crippen LogP contribution in [0.1, 0.15) is 24.3 Å². The van der Waals surface area contributed by atoms with Gasteiger partial charge in [-0.25, -0.2) is 12.8 Å². The lowest BCUT2D eigenvalue weighted by atomic mass is 10.1. The normalized spacial score (nSPS) is 13.2. The molecule has 0 aliphatic heterocycles. The first-order valence-electron chi connectivity index (χ1n) is 6.21. The van der Waals surface area contributed by atoms with Gasteiger partial charge in [-0.1, -0.05) is 13.0 Å². The van der Waals surface area contributed by atoms with Gasteiger partial charge >= 0.3 is 0 Å². The minimum absolute atomic E-state index is 0.0284. The van der Waals surface area contributed by atoms with Crippen LogP contribution in [-0.4, -0.2) is 14.7 Å². The smallest absolute Gasteiger partial charge is 0.175 e. The molecule has 6 heteroatoms. The summed E-state index contributed by atoms with van der Waals surface area (Å²) in [6.07, 6.45) is 1.89. The molecule has 108 valence electrons. The third-order valence-corrected chi connectivity index (χ3v) is 5.09. The summed E-state index contributed by atoms with van der Waals surface area (Å²) < 4.78 is 36.9. The highest BCUT2D eigenvalue weighted by Gasteiger charge is 2.15. The van der Waals surface area contributed by atoms with Gasteiger partial charge in [0.05, 0.1) is 16.6 Å². The van der Waals surface area contributed by atoms with Crippen LogP contribution in [-0.2, 0) is 9.84 Å². The number of rotatable bonds is 5. The predicted octanol–water partition coefficient (Wildman–Crippen LogP) is 3.85. The molecule has 0 fully saturated rings. The Balaban J connectivity index is 2.33. The minimum atomic E-state index is -3.34. The Kier molecular flexibility index (Phi) is 4.45. The van der Waals surface area contributed by atoms with Crippen molar-refractivity contribution in [1.29, 1.82) is 0 Å². The molecular weight excluding hydrogens is 297 g/mol. The van der Waals surface area contributed by atoms with Gasteiger partial charge in [0.2, 0.25) is 0 Å². The van der Waals surface area contributed by atoms with E-state index in [9.17, 15) is 12.8 Å². The van der Waals surface area contributed by atoms with E-state index in [2.05, 4.69) is 5.32 Å². The minimum Gasteiger partial charge on any atom is -0.375 e. The average molecular weight is 313 g/mol. The van der Waals surface area contributed by atoms with E-state index >= 15 is 0 Å². The predicted molar refractivity (Wildman–Crippen MR) is 80.5 cm³/mol. The number of benzene rings is 1. The van der Waals surface area contributed by atoms with E-state index in [1.165, 1.54) is 18.2 Å². The first-order chi connectivity index (χ1) is 9.41. The highest BCUT2D eigenvalue weighted by molar-refractivity contribution is 7.90. The fraction of sp³-hybridized carbons (Fsp3) is 0.286. The van der Waals surface area contributed by atoms with Crippen LogP contribution in [0.25, 0.3) is 0 Å². The summed E-state index contributed by atoms with van der Waals surface area (Å²) in [5, 5.41) is 5.04. The molecule has 3 nitrogen and oxygen atoms in total. The second-order valence-corrected chi connectivity index (χ2v) is 7.53. The Morgan fingerprint density at radius 3 is 2.65 bits per heavy atom. The van der Waals surface area contributed by atoms with Crippen LogP contribution in [0.15, 0.2) is 40.6 Å². The van der Waals surface area contributed by atoms with Gasteiger partial charge in [-0.15, -0.1) is 11.3 Å². The van der Waals surface area contributed by atoms with E-state index in [-0.39, 0.29) is 16.6 Å². The van der Waals surface area contributed by atoms with Crippen LogP contribution < -0.4 is 5.32 Å². The zero-order valence-corrected chi connectivity index (χ0v) is 12.9. The average Bonchev–Trinajstić information content (AvgIpc) is 2.90. The molecule has 2 aromatic rings. The summed E-state index contributed by atoms with van der Waals surface area (Å²) in [7, 11) is -3.34. The monoisotopic (exact) mass is 313 g/mol. The molecule has 0 aliphatic carbocycles. The second-order valence-electron chi connectivity index (χ2n) is 4.53. The Morgan fingerprint density at radius 1 is 1.35 bits per heavy atom. The molecule has 1 N–H and O–H groups in total. The van der Waals surface area contributed by atoms with E-state index < -0.39 is 15.7 Å². The van der Waals surface area contributed by atoms with Crippen molar-refractivity contribution in [2.75, 3.05) is 11.6 Å². The Labute approximate surface area is 122 Å². The molecule has 1 heterocycles. The summed E-state index contributed by atoms with van der Waals surface area (Å²) >= 11 is 1.59. The SMILES string of the molecule is CCC(Nc1cc(S(C)(=O)=O)ccc1F)c1cccs1. The van der Waals surface area contributed by atoms with Crippen LogP contribution in [0.3, 0.4) is 0 Å². The number of hydrogen-bond acceptors (Lipinski definition) is 4. The maximum atomic E-state index is 13.8. The van der Waals surface area contributed by atoms with Crippen molar-refractivity contribution < 1.29 is 12.8 Å². The number of thiophene rings is 1. The zero-order valence-electron chi connectivity index (χ0n) is 11.3. The molecule has 0 saturated heterocycles. The lowest BCUT2D eigenvalue weighted by Crippen LogP contribution is -2.10. The standard InChI is InChI=1S/C14H16FNO2S2/c1-3-12(14-5-4-8-19-14)16-13-9-10(20(2,17)18)6-7-11(13)15/h4-9,12,16H,3H2,1-2H3. The van der Waals surface area contributed by atoms with Crippen molar-refractivity contribution in [2.45, 2.75) is 24.3 Å². The van der Waals surface area contributed by atoms with Crippen molar-refractivity contribution in [3.63, 3.8) is 0 Å². The Hall–Kier alpha value is -1.40. The fourth-order valence-electron chi connectivity index (χ4n) is 1.90. The Bertz CT molecular complexity index is 681. The van der Waals surface area contributed by atoms with Gasteiger partial charge in [0, 0.05) is 11.1 Å². The summed E-state index contributed by atoms with van der Waals surface area (Å²) in [6.45, 7) is 2.00. The summed E-state index contributed by atoms with van der Waals surface area (Å²) in [5.41, 5.74) is 0.216. The van der Waals surface area contributed by atoms with E-state index in [0.717, 1.165) is 17.6 Å². The van der Waals surface area contributed by atoms with Gasteiger partial charge in [-0.3, -0.25) is 0 Å². The quantitative estimate of drug-likeness (QED) is 0.853. The highest BCUT2D eigenvalue weighted by atomic mass is 32.2. The summed E-state index contributed by atoms with van der Waals surface area (Å²) in [4.78, 5) is 1.21. The molecule has 0 saturated carbocycles. The van der Waals surface area contributed by atoms with Crippen molar-refractivity contribution in [2.24, 2.45) is 0 Å². The van der Waals surface area contributed by atoms with Crippen molar-refractivity contribution >= 4 is 26.9 Å². The molecule has 1 aromatic carbocycles. The third-order valence-electron chi connectivity index (χ3n) is 2.99.